The van der Waals surface area contributed by atoms with Gasteiger partial charge < -0.3 is 15.4 Å². The van der Waals surface area contributed by atoms with Crippen LogP contribution in [0.4, 0.5) is 8.78 Å². The fourth-order valence-electron chi connectivity index (χ4n) is 3.84. The molecule has 0 saturated heterocycles. The number of esters is 1. The highest BCUT2D eigenvalue weighted by Crippen LogP contribution is 2.25. The average Bonchev–Trinajstić information content (AvgIpc) is 3.05. The van der Waals surface area contributed by atoms with Gasteiger partial charge in [0.1, 0.15) is 29.5 Å². The van der Waals surface area contributed by atoms with Gasteiger partial charge in [-0.3, -0.25) is 24.2 Å². The van der Waals surface area contributed by atoms with Crippen molar-refractivity contribution in [3.05, 3.63) is 83.1 Å². The normalized spacial score (nSPS) is 15.4. The summed E-state index contributed by atoms with van der Waals surface area (Å²) in [6.45, 7) is 3.22. The van der Waals surface area contributed by atoms with Crippen molar-refractivity contribution in [2.75, 3.05) is 13.2 Å². The molecule has 0 saturated carbocycles. The fraction of sp³-hybridized carbons (Fsp3) is 0.296. The second kappa shape index (κ2) is 12.7. The summed E-state index contributed by atoms with van der Waals surface area (Å²) < 4.78 is 31.8. The Balaban J connectivity index is 1.87. The van der Waals surface area contributed by atoms with Gasteiger partial charge >= 0.3 is 5.97 Å². The van der Waals surface area contributed by atoms with E-state index in [9.17, 15) is 28.0 Å². The standard InChI is InChI=1S/C27H27F2N3O5/c1-3-16-13-22(33)21(14-30-25(16)27(36)31-15-23(34)37-4-2)26(35)32-24(17-5-9-19(28)10-6-17)18-7-11-20(29)12-8-18/h5-12,14,16,24H,3-4,13,15H2,1-2H3,(H,31,36)(H,32,35). The van der Waals surface area contributed by atoms with Crippen LogP contribution in [0.3, 0.4) is 0 Å². The Bertz CT molecular complexity index is 1180. The zero-order chi connectivity index (χ0) is 26.9. The molecule has 0 aromatic heterocycles. The number of nitrogens with one attached hydrogen (secondary N) is 2. The molecule has 0 aliphatic carbocycles. The van der Waals surface area contributed by atoms with Crippen LogP contribution in [0.1, 0.15) is 43.9 Å². The van der Waals surface area contributed by atoms with Crippen molar-refractivity contribution in [1.29, 1.82) is 0 Å². The number of hydrogen-bond donors (Lipinski definition) is 2. The Labute approximate surface area is 212 Å². The minimum atomic E-state index is -0.816. The van der Waals surface area contributed by atoms with Crippen LogP contribution in [0.5, 0.6) is 0 Å². The molecule has 2 aromatic carbocycles. The second-order valence-electron chi connectivity index (χ2n) is 8.29. The quantitative estimate of drug-likeness (QED) is 0.397. The number of amides is 2. The first-order valence-electron chi connectivity index (χ1n) is 11.8. The first-order valence-corrected chi connectivity index (χ1v) is 11.8. The molecule has 0 bridgehead atoms. The highest BCUT2D eigenvalue weighted by Gasteiger charge is 2.31. The van der Waals surface area contributed by atoms with Gasteiger partial charge in [-0.05, 0) is 48.7 Å². The van der Waals surface area contributed by atoms with Crippen molar-refractivity contribution in [2.24, 2.45) is 10.9 Å². The van der Waals surface area contributed by atoms with E-state index in [-0.39, 0.29) is 30.9 Å². The van der Waals surface area contributed by atoms with Gasteiger partial charge in [-0.2, -0.15) is 0 Å². The van der Waals surface area contributed by atoms with E-state index in [1.165, 1.54) is 48.5 Å². The predicted molar refractivity (Wildman–Crippen MR) is 131 cm³/mol. The largest absolute Gasteiger partial charge is 0.465 e. The van der Waals surface area contributed by atoms with E-state index in [1.54, 1.807) is 13.8 Å². The van der Waals surface area contributed by atoms with Gasteiger partial charge in [0.05, 0.1) is 12.6 Å². The van der Waals surface area contributed by atoms with Gasteiger partial charge in [0.15, 0.2) is 5.78 Å². The maximum Gasteiger partial charge on any atom is 0.325 e. The van der Waals surface area contributed by atoms with Crippen molar-refractivity contribution >= 4 is 29.3 Å². The molecular formula is C27H27F2N3O5. The third kappa shape index (κ3) is 7.16. The SMILES string of the molecule is CCOC(=O)CNC(=O)C1=NC=C(C(=O)NC(c2ccc(F)cc2)c2ccc(F)cc2)C(=O)CC1CC. The summed E-state index contributed by atoms with van der Waals surface area (Å²) in [5.74, 6) is -4.03. The third-order valence-corrected chi connectivity index (χ3v) is 5.80. The van der Waals surface area contributed by atoms with Gasteiger partial charge in [-0.15, -0.1) is 0 Å². The Morgan fingerprint density at radius 2 is 1.54 bits per heavy atom. The van der Waals surface area contributed by atoms with E-state index in [4.69, 9.17) is 4.74 Å². The number of hydrogen-bond acceptors (Lipinski definition) is 6. The van der Waals surface area contributed by atoms with E-state index < -0.39 is 47.2 Å². The highest BCUT2D eigenvalue weighted by atomic mass is 19.1. The number of benzene rings is 2. The molecular weight excluding hydrogens is 484 g/mol. The topological polar surface area (TPSA) is 114 Å². The first-order chi connectivity index (χ1) is 17.7. The van der Waals surface area contributed by atoms with E-state index in [0.717, 1.165) is 6.20 Å². The molecule has 8 nitrogen and oxygen atoms in total. The van der Waals surface area contributed by atoms with E-state index in [1.807, 2.05) is 0 Å². The zero-order valence-corrected chi connectivity index (χ0v) is 20.4. The monoisotopic (exact) mass is 511 g/mol. The molecule has 0 radical (unpaired) electrons. The second-order valence-corrected chi connectivity index (χ2v) is 8.29. The number of halogens is 2. The Morgan fingerprint density at radius 3 is 2.05 bits per heavy atom. The van der Waals surface area contributed by atoms with E-state index >= 15 is 0 Å². The van der Waals surface area contributed by atoms with Crippen molar-refractivity contribution in [2.45, 2.75) is 32.7 Å². The molecule has 1 aliphatic heterocycles. The number of nitrogens with zero attached hydrogens (tertiary/aromatic N) is 1. The third-order valence-electron chi connectivity index (χ3n) is 5.80. The molecule has 194 valence electrons. The summed E-state index contributed by atoms with van der Waals surface area (Å²) in [7, 11) is 0. The molecule has 1 aliphatic rings. The summed E-state index contributed by atoms with van der Waals surface area (Å²) in [4.78, 5) is 54.6. The number of Topliss-reactive ketones (excluding diaryl/α,β-unsaturated/α-hetero) is 1. The highest BCUT2D eigenvalue weighted by molar-refractivity contribution is 6.41. The lowest BCUT2D eigenvalue weighted by molar-refractivity contribution is -0.143. The molecule has 10 heteroatoms. The molecule has 3 rings (SSSR count). The maximum atomic E-state index is 13.5. The van der Waals surface area contributed by atoms with Crippen LogP contribution in [-0.4, -0.2) is 42.4 Å². The Morgan fingerprint density at radius 1 is 0.973 bits per heavy atom. The summed E-state index contributed by atoms with van der Waals surface area (Å²) in [5, 5.41) is 5.17. The average molecular weight is 512 g/mol. The molecule has 1 heterocycles. The Hall–Kier alpha value is -4.21. The molecule has 1 unspecified atom stereocenters. The minimum absolute atomic E-state index is 0.0246. The van der Waals surface area contributed by atoms with Crippen LogP contribution in [0, 0.1) is 17.6 Å². The van der Waals surface area contributed by atoms with Gasteiger partial charge in [0.25, 0.3) is 11.8 Å². The number of aliphatic imine (C=N–C) groups is 1. The van der Waals surface area contributed by atoms with E-state index in [0.29, 0.717) is 17.5 Å². The Kier molecular flexibility index (Phi) is 9.37. The minimum Gasteiger partial charge on any atom is -0.465 e. The van der Waals surface area contributed by atoms with Gasteiger partial charge in [-0.25, -0.2) is 8.78 Å². The smallest absolute Gasteiger partial charge is 0.325 e. The molecule has 0 fully saturated rings. The lowest BCUT2D eigenvalue weighted by atomic mass is 9.92. The molecule has 0 spiro atoms. The molecule has 2 N–H and O–H groups in total. The zero-order valence-electron chi connectivity index (χ0n) is 20.4. The summed E-state index contributed by atoms with van der Waals surface area (Å²) in [5.41, 5.74) is 0.784. The number of rotatable bonds is 9. The van der Waals surface area contributed by atoms with Crippen molar-refractivity contribution < 1.29 is 32.7 Å². The molecule has 1 atom stereocenters. The summed E-state index contributed by atoms with van der Waals surface area (Å²) in [6.07, 6.45) is 1.30. The van der Waals surface area contributed by atoms with Crippen LogP contribution in [0.25, 0.3) is 0 Å². The molecule has 2 amide bonds. The van der Waals surface area contributed by atoms with Crippen LogP contribution >= 0.6 is 0 Å². The lowest BCUT2D eigenvalue weighted by Gasteiger charge is -2.20. The van der Waals surface area contributed by atoms with Gasteiger partial charge in [0.2, 0.25) is 0 Å². The van der Waals surface area contributed by atoms with Crippen LogP contribution < -0.4 is 10.6 Å². The van der Waals surface area contributed by atoms with E-state index in [2.05, 4.69) is 15.6 Å². The molecule has 2 aromatic rings. The number of ketones is 1. The number of ether oxygens (including phenoxy) is 1. The van der Waals surface area contributed by atoms with Crippen molar-refractivity contribution in [3.63, 3.8) is 0 Å². The van der Waals surface area contributed by atoms with Gasteiger partial charge in [0, 0.05) is 18.5 Å². The van der Waals surface area contributed by atoms with Crippen LogP contribution in [-0.2, 0) is 23.9 Å². The summed E-state index contributed by atoms with van der Waals surface area (Å²) in [6, 6.07) is 10.0. The van der Waals surface area contributed by atoms with Gasteiger partial charge in [-0.1, -0.05) is 31.2 Å². The van der Waals surface area contributed by atoms with Crippen molar-refractivity contribution in [3.8, 4) is 0 Å². The molecule has 37 heavy (non-hydrogen) atoms. The van der Waals surface area contributed by atoms with Crippen LogP contribution in [0.15, 0.2) is 65.3 Å². The predicted octanol–water partition coefficient (Wildman–Crippen LogP) is 3.17. The van der Waals surface area contributed by atoms with Crippen LogP contribution in [0.2, 0.25) is 0 Å². The number of carbonyl (C=O) groups is 4. The lowest BCUT2D eigenvalue weighted by Crippen LogP contribution is -2.39. The number of carbonyl (C=O) groups excluding carboxylic acids is 4. The van der Waals surface area contributed by atoms with Crippen molar-refractivity contribution in [1.82, 2.24) is 10.6 Å². The first kappa shape index (κ1) is 27.4. The maximum absolute atomic E-state index is 13.5. The summed E-state index contributed by atoms with van der Waals surface area (Å²) >= 11 is 0. The fourth-order valence-corrected chi connectivity index (χ4v) is 3.84.